The van der Waals surface area contributed by atoms with Crippen LogP contribution in [0.25, 0.3) is 0 Å². The summed E-state index contributed by atoms with van der Waals surface area (Å²) in [7, 11) is 0. The molecule has 0 saturated carbocycles. The third-order valence-corrected chi connectivity index (χ3v) is 1.97. The molecule has 0 aliphatic heterocycles. The summed E-state index contributed by atoms with van der Waals surface area (Å²) < 4.78 is 0. The van der Waals surface area contributed by atoms with Crippen LogP contribution in [0.3, 0.4) is 0 Å². The minimum atomic E-state index is 0.816. The Morgan fingerprint density at radius 3 is 2.69 bits per heavy atom. The van der Waals surface area contributed by atoms with Crippen molar-refractivity contribution < 1.29 is 0 Å². The Labute approximate surface area is 81.8 Å². The number of rotatable bonds is 7. The first-order valence-electron chi connectivity index (χ1n) is 5.05. The summed E-state index contributed by atoms with van der Waals surface area (Å²) in [4.78, 5) is 0. The van der Waals surface area contributed by atoms with Crippen molar-refractivity contribution in [2.45, 2.75) is 45.4 Å². The average molecular weight is 177 g/mol. The largest absolute Gasteiger partial charge is 0.193 e. The van der Waals surface area contributed by atoms with Gasteiger partial charge in [-0.15, -0.1) is 6.58 Å². The summed E-state index contributed by atoms with van der Waals surface area (Å²) in [6.07, 6.45) is 10.5. The van der Waals surface area contributed by atoms with Crippen molar-refractivity contribution in [2.75, 3.05) is 0 Å². The van der Waals surface area contributed by atoms with Crippen LogP contribution in [0.4, 0.5) is 0 Å². The van der Waals surface area contributed by atoms with E-state index >= 15 is 0 Å². The topological polar surface area (TPSA) is 23.8 Å². The van der Waals surface area contributed by atoms with E-state index in [2.05, 4.69) is 19.6 Å². The lowest BCUT2D eigenvalue weighted by molar-refractivity contribution is 0.668. The monoisotopic (exact) mass is 177 g/mol. The third-order valence-electron chi connectivity index (χ3n) is 1.97. The molecule has 0 aliphatic carbocycles. The van der Waals surface area contributed by atoms with Crippen LogP contribution in [-0.2, 0) is 0 Å². The van der Waals surface area contributed by atoms with Gasteiger partial charge in [-0.1, -0.05) is 38.3 Å². The van der Waals surface area contributed by atoms with Gasteiger partial charge in [0.15, 0.2) is 0 Å². The zero-order chi connectivity index (χ0) is 9.94. The molecular weight excluding hydrogens is 158 g/mol. The molecule has 0 fully saturated rings. The van der Waals surface area contributed by atoms with E-state index in [1.165, 1.54) is 19.3 Å². The van der Waals surface area contributed by atoms with Gasteiger partial charge in [0.2, 0.25) is 0 Å². The van der Waals surface area contributed by atoms with Gasteiger partial charge in [0.25, 0.3) is 0 Å². The van der Waals surface area contributed by atoms with Gasteiger partial charge in [-0.25, -0.2) is 0 Å². The fourth-order valence-electron chi connectivity index (χ4n) is 1.17. The summed E-state index contributed by atoms with van der Waals surface area (Å²) in [5.41, 5.74) is 0.913. The van der Waals surface area contributed by atoms with Crippen molar-refractivity contribution in [2.24, 2.45) is 0 Å². The maximum Gasteiger partial charge on any atom is 0.0943 e. The molecule has 0 bridgehead atoms. The number of nitrogens with zero attached hydrogens (tertiary/aromatic N) is 1. The van der Waals surface area contributed by atoms with E-state index in [1.807, 2.05) is 12.2 Å². The number of unbranched alkanes of at least 4 members (excludes halogenated alkanes) is 3. The van der Waals surface area contributed by atoms with Gasteiger partial charge in [-0.3, -0.25) is 0 Å². The SMILES string of the molecule is C=CC/C=C(\C#N)CCCCCC. The van der Waals surface area contributed by atoms with Crippen molar-refractivity contribution in [1.82, 2.24) is 0 Å². The summed E-state index contributed by atoms with van der Waals surface area (Å²) >= 11 is 0. The van der Waals surface area contributed by atoms with Crippen LogP contribution in [0.5, 0.6) is 0 Å². The predicted octanol–water partition coefficient (Wildman–Crippen LogP) is 3.98. The van der Waals surface area contributed by atoms with Gasteiger partial charge >= 0.3 is 0 Å². The molecule has 0 N–H and O–H groups in total. The average Bonchev–Trinajstić information content (AvgIpc) is 2.17. The molecule has 0 amide bonds. The van der Waals surface area contributed by atoms with Crippen LogP contribution in [0, 0.1) is 11.3 Å². The number of hydrogen-bond acceptors (Lipinski definition) is 1. The molecule has 0 aromatic heterocycles. The molecule has 13 heavy (non-hydrogen) atoms. The molecule has 0 heterocycles. The van der Waals surface area contributed by atoms with E-state index in [-0.39, 0.29) is 0 Å². The lowest BCUT2D eigenvalue weighted by Crippen LogP contribution is -1.81. The highest BCUT2D eigenvalue weighted by Crippen LogP contribution is 2.09. The first-order chi connectivity index (χ1) is 6.35. The predicted molar refractivity (Wildman–Crippen MR) is 57.3 cm³/mol. The Balaban J connectivity index is 3.61. The maximum atomic E-state index is 8.76. The summed E-state index contributed by atoms with van der Waals surface area (Å²) in [6, 6.07) is 2.23. The second-order valence-corrected chi connectivity index (χ2v) is 3.18. The summed E-state index contributed by atoms with van der Waals surface area (Å²) in [6.45, 7) is 5.82. The van der Waals surface area contributed by atoms with Gasteiger partial charge in [0.1, 0.15) is 0 Å². The molecule has 0 rings (SSSR count). The van der Waals surface area contributed by atoms with Crippen LogP contribution in [0.15, 0.2) is 24.3 Å². The van der Waals surface area contributed by atoms with Crippen molar-refractivity contribution >= 4 is 0 Å². The molecular formula is C12H19N. The minimum absolute atomic E-state index is 0.816. The Morgan fingerprint density at radius 1 is 1.38 bits per heavy atom. The molecule has 1 heteroatoms. The van der Waals surface area contributed by atoms with Gasteiger partial charge < -0.3 is 0 Å². The number of allylic oxidation sites excluding steroid dienone is 3. The third kappa shape index (κ3) is 7.33. The lowest BCUT2D eigenvalue weighted by Gasteiger charge is -1.97. The number of hydrogen-bond donors (Lipinski definition) is 0. The minimum Gasteiger partial charge on any atom is -0.193 e. The smallest absolute Gasteiger partial charge is 0.0943 e. The second kappa shape index (κ2) is 9.06. The second-order valence-electron chi connectivity index (χ2n) is 3.18. The highest BCUT2D eigenvalue weighted by Gasteiger charge is 1.94. The van der Waals surface area contributed by atoms with Crippen molar-refractivity contribution in [3.8, 4) is 6.07 Å². The van der Waals surface area contributed by atoms with Gasteiger partial charge in [-0.05, 0) is 19.3 Å². The Hall–Kier alpha value is -1.03. The highest BCUT2D eigenvalue weighted by atomic mass is 14.2. The maximum absolute atomic E-state index is 8.76. The van der Waals surface area contributed by atoms with Crippen LogP contribution in [0.2, 0.25) is 0 Å². The molecule has 0 aliphatic rings. The van der Waals surface area contributed by atoms with Gasteiger partial charge in [0.05, 0.1) is 6.07 Å². The van der Waals surface area contributed by atoms with E-state index in [4.69, 9.17) is 5.26 Å². The molecule has 72 valence electrons. The summed E-state index contributed by atoms with van der Waals surface area (Å²) in [5, 5.41) is 8.76. The van der Waals surface area contributed by atoms with Crippen molar-refractivity contribution in [1.29, 1.82) is 5.26 Å². The van der Waals surface area contributed by atoms with Crippen molar-refractivity contribution in [3.63, 3.8) is 0 Å². The summed E-state index contributed by atoms with van der Waals surface area (Å²) in [5.74, 6) is 0. The van der Waals surface area contributed by atoms with Gasteiger partial charge in [-0.2, -0.15) is 5.26 Å². The molecule has 0 spiro atoms. The molecule has 0 aromatic rings. The quantitative estimate of drug-likeness (QED) is 0.328. The van der Waals surface area contributed by atoms with E-state index in [9.17, 15) is 0 Å². The van der Waals surface area contributed by atoms with Crippen LogP contribution >= 0.6 is 0 Å². The number of nitriles is 1. The normalized spacial score (nSPS) is 10.9. The molecule has 0 atom stereocenters. The fraction of sp³-hybridized carbons (Fsp3) is 0.583. The Kier molecular flexibility index (Phi) is 8.34. The zero-order valence-electron chi connectivity index (χ0n) is 8.55. The van der Waals surface area contributed by atoms with Crippen LogP contribution < -0.4 is 0 Å². The van der Waals surface area contributed by atoms with E-state index in [0.29, 0.717) is 0 Å². The molecule has 0 saturated heterocycles. The van der Waals surface area contributed by atoms with E-state index in [0.717, 1.165) is 24.8 Å². The lowest BCUT2D eigenvalue weighted by atomic mass is 10.1. The molecule has 1 nitrogen and oxygen atoms in total. The first-order valence-corrected chi connectivity index (χ1v) is 5.05. The molecule has 0 aromatic carbocycles. The fourth-order valence-corrected chi connectivity index (χ4v) is 1.17. The molecule has 0 radical (unpaired) electrons. The van der Waals surface area contributed by atoms with Crippen LogP contribution in [-0.4, -0.2) is 0 Å². The zero-order valence-corrected chi connectivity index (χ0v) is 8.55. The van der Waals surface area contributed by atoms with Gasteiger partial charge in [0, 0.05) is 5.57 Å². The Morgan fingerprint density at radius 2 is 2.15 bits per heavy atom. The molecule has 0 unspecified atom stereocenters. The first kappa shape index (κ1) is 12.0. The Bertz CT molecular complexity index is 196. The standard InChI is InChI=1S/C12H19N/c1-3-5-7-8-10-12(11-13)9-6-4-2/h4,9H,2-3,5-8,10H2,1H3/b12-9-. The van der Waals surface area contributed by atoms with Crippen LogP contribution in [0.1, 0.15) is 45.4 Å². The van der Waals surface area contributed by atoms with E-state index in [1.54, 1.807) is 0 Å². The highest BCUT2D eigenvalue weighted by molar-refractivity contribution is 5.20. The van der Waals surface area contributed by atoms with Crippen molar-refractivity contribution in [3.05, 3.63) is 24.3 Å². The van der Waals surface area contributed by atoms with E-state index < -0.39 is 0 Å².